The molecule has 0 saturated carbocycles. The lowest BCUT2D eigenvalue weighted by atomic mass is 10.1. The first-order valence-electron chi connectivity index (χ1n) is 3.60. The van der Waals surface area contributed by atoms with Gasteiger partial charge in [-0.1, -0.05) is 6.07 Å². The SMILES string of the molecule is O=[C]CCc1ccc(O)c(O)c1. The van der Waals surface area contributed by atoms with E-state index in [0.717, 1.165) is 5.56 Å². The number of rotatable bonds is 3. The maximum Gasteiger partial charge on any atom is 0.198 e. The van der Waals surface area contributed by atoms with Gasteiger partial charge in [0.15, 0.2) is 17.8 Å². The van der Waals surface area contributed by atoms with Crippen molar-refractivity contribution in [2.75, 3.05) is 0 Å². The Labute approximate surface area is 70.3 Å². The Hall–Kier alpha value is -1.51. The first-order valence-corrected chi connectivity index (χ1v) is 3.60. The van der Waals surface area contributed by atoms with E-state index in [4.69, 9.17) is 10.2 Å². The molecule has 0 unspecified atom stereocenters. The largest absolute Gasteiger partial charge is 0.504 e. The van der Waals surface area contributed by atoms with Gasteiger partial charge in [-0.2, -0.15) is 0 Å². The molecule has 0 aliphatic rings. The number of phenols is 2. The smallest absolute Gasteiger partial charge is 0.198 e. The molecule has 1 radical (unpaired) electrons. The molecule has 0 saturated heterocycles. The summed E-state index contributed by atoms with van der Waals surface area (Å²) in [6, 6.07) is 4.49. The van der Waals surface area contributed by atoms with Crippen molar-refractivity contribution in [3.63, 3.8) is 0 Å². The summed E-state index contributed by atoms with van der Waals surface area (Å²) >= 11 is 0. The molecule has 1 aromatic carbocycles. The minimum absolute atomic E-state index is 0.145. The van der Waals surface area contributed by atoms with Crippen molar-refractivity contribution in [1.82, 2.24) is 0 Å². The first-order chi connectivity index (χ1) is 5.74. The van der Waals surface area contributed by atoms with Gasteiger partial charge in [-0.3, -0.25) is 4.79 Å². The highest BCUT2D eigenvalue weighted by molar-refractivity contribution is 5.51. The fourth-order valence-corrected chi connectivity index (χ4v) is 0.920. The third-order valence-corrected chi connectivity index (χ3v) is 1.56. The minimum Gasteiger partial charge on any atom is -0.504 e. The summed E-state index contributed by atoms with van der Waals surface area (Å²) in [4.78, 5) is 9.89. The lowest BCUT2D eigenvalue weighted by Gasteiger charge is -2.00. The molecule has 0 heterocycles. The second kappa shape index (κ2) is 3.76. The van der Waals surface area contributed by atoms with Crippen LogP contribution in [0.25, 0.3) is 0 Å². The van der Waals surface area contributed by atoms with Crippen LogP contribution in [0.15, 0.2) is 18.2 Å². The highest BCUT2D eigenvalue weighted by Crippen LogP contribution is 2.25. The van der Waals surface area contributed by atoms with Crippen molar-refractivity contribution in [3.8, 4) is 11.5 Å². The maximum absolute atomic E-state index is 9.89. The Kier molecular flexibility index (Phi) is 2.69. The fourth-order valence-electron chi connectivity index (χ4n) is 0.920. The molecule has 0 aliphatic carbocycles. The Morgan fingerprint density at radius 2 is 2.00 bits per heavy atom. The molecule has 3 nitrogen and oxygen atoms in total. The van der Waals surface area contributed by atoms with E-state index in [2.05, 4.69) is 0 Å². The molecule has 0 aliphatic heterocycles. The van der Waals surface area contributed by atoms with Crippen LogP contribution in [-0.2, 0) is 11.2 Å². The predicted molar refractivity (Wildman–Crippen MR) is 43.8 cm³/mol. The average Bonchev–Trinajstić information content (AvgIpc) is 2.07. The maximum atomic E-state index is 9.89. The summed E-state index contributed by atoms with van der Waals surface area (Å²) in [5.41, 5.74) is 0.814. The van der Waals surface area contributed by atoms with E-state index in [1.54, 1.807) is 12.4 Å². The van der Waals surface area contributed by atoms with Gasteiger partial charge in [0.1, 0.15) is 0 Å². The predicted octanol–water partition coefficient (Wildman–Crippen LogP) is 1.14. The number of carbonyl (C=O) groups excluding carboxylic acids is 1. The standard InChI is InChI=1S/C9H9O3/c10-5-1-2-7-3-4-8(11)9(12)6-7/h3-4,6,11-12H,1-2H2. The fraction of sp³-hybridized carbons (Fsp3) is 0.222. The number of aryl methyl sites for hydroxylation is 1. The molecular weight excluding hydrogens is 156 g/mol. The summed E-state index contributed by atoms with van der Waals surface area (Å²) in [5, 5.41) is 18.0. The van der Waals surface area contributed by atoms with Gasteiger partial charge in [0.25, 0.3) is 0 Å². The van der Waals surface area contributed by atoms with E-state index in [1.165, 1.54) is 12.1 Å². The number of hydrogen-bond acceptors (Lipinski definition) is 3. The summed E-state index contributed by atoms with van der Waals surface area (Å²) < 4.78 is 0. The summed E-state index contributed by atoms with van der Waals surface area (Å²) in [6.07, 6.45) is 2.60. The Bertz CT molecular complexity index is 281. The molecule has 0 fully saturated rings. The van der Waals surface area contributed by atoms with Gasteiger partial charge in [0.2, 0.25) is 0 Å². The zero-order chi connectivity index (χ0) is 8.97. The third kappa shape index (κ3) is 1.99. The van der Waals surface area contributed by atoms with Gasteiger partial charge in [0.05, 0.1) is 0 Å². The zero-order valence-electron chi connectivity index (χ0n) is 6.45. The summed E-state index contributed by atoms with van der Waals surface area (Å²) in [5.74, 6) is -0.299. The lowest BCUT2D eigenvalue weighted by molar-refractivity contribution is 0.403. The van der Waals surface area contributed by atoms with Crippen LogP contribution in [0.3, 0.4) is 0 Å². The van der Waals surface area contributed by atoms with Gasteiger partial charge in [-0.25, -0.2) is 0 Å². The molecule has 1 rings (SSSR count). The molecule has 0 bridgehead atoms. The second-order valence-corrected chi connectivity index (χ2v) is 2.47. The molecule has 12 heavy (non-hydrogen) atoms. The average molecular weight is 165 g/mol. The van der Waals surface area contributed by atoms with Gasteiger partial charge >= 0.3 is 0 Å². The van der Waals surface area contributed by atoms with Gasteiger partial charge in [0, 0.05) is 6.42 Å². The molecular formula is C9H9O3. The molecule has 1 aromatic rings. The van der Waals surface area contributed by atoms with Crippen LogP contribution in [0, 0.1) is 0 Å². The van der Waals surface area contributed by atoms with E-state index in [-0.39, 0.29) is 11.5 Å². The van der Waals surface area contributed by atoms with E-state index in [1.807, 2.05) is 0 Å². The highest BCUT2D eigenvalue weighted by atomic mass is 16.3. The van der Waals surface area contributed by atoms with Crippen molar-refractivity contribution < 1.29 is 15.0 Å². The van der Waals surface area contributed by atoms with Crippen molar-refractivity contribution in [1.29, 1.82) is 0 Å². The van der Waals surface area contributed by atoms with E-state index in [0.29, 0.717) is 12.8 Å². The molecule has 2 N–H and O–H groups in total. The number of hydrogen-bond donors (Lipinski definition) is 2. The van der Waals surface area contributed by atoms with Crippen LogP contribution in [0.5, 0.6) is 11.5 Å². The molecule has 63 valence electrons. The topological polar surface area (TPSA) is 57.5 Å². The van der Waals surface area contributed by atoms with Gasteiger partial charge < -0.3 is 10.2 Å². The van der Waals surface area contributed by atoms with Crippen LogP contribution in [0.1, 0.15) is 12.0 Å². The monoisotopic (exact) mass is 165 g/mol. The van der Waals surface area contributed by atoms with Crippen LogP contribution in [0.2, 0.25) is 0 Å². The molecule has 0 aromatic heterocycles. The van der Waals surface area contributed by atoms with Crippen molar-refractivity contribution in [3.05, 3.63) is 23.8 Å². The normalized spacial score (nSPS) is 9.67. The summed E-state index contributed by atoms with van der Waals surface area (Å²) in [6.45, 7) is 0. The number of phenolic OH excluding ortho intramolecular Hbond substituents is 2. The lowest BCUT2D eigenvalue weighted by Crippen LogP contribution is -1.85. The first kappa shape index (κ1) is 8.59. The van der Waals surface area contributed by atoms with Crippen molar-refractivity contribution in [2.24, 2.45) is 0 Å². The van der Waals surface area contributed by atoms with Crippen LogP contribution >= 0.6 is 0 Å². The van der Waals surface area contributed by atoms with Crippen LogP contribution < -0.4 is 0 Å². The Morgan fingerprint density at radius 1 is 1.25 bits per heavy atom. The molecule has 0 amide bonds. The Morgan fingerprint density at radius 3 is 2.58 bits per heavy atom. The van der Waals surface area contributed by atoms with Crippen molar-refractivity contribution in [2.45, 2.75) is 12.8 Å². The quantitative estimate of drug-likeness (QED) is 0.660. The van der Waals surface area contributed by atoms with E-state index < -0.39 is 0 Å². The second-order valence-electron chi connectivity index (χ2n) is 2.47. The molecule has 0 atom stereocenters. The molecule has 3 heteroatoms. The zero-order valence-corrected chi connectivity index (χ0v) is 6.45. The number of benzene rings is 1. The van der Waals surface area contributed by atoms with E-state index >= 15 is 0 Å². The molecule has 0 spiro atoms. The highest BCUT2D eigenvalue weighted by Gasteiger charge is 1.99. The van der Waals surface area contributed by atoms with Crippen molar-refractivity contribution >= 4 is 6.29 Å². The van der Waals surface area contributed by atoms with E-state index in [9.17, 15) is 4.79 Å². The summed E-state index contributed by atoms with van der Waals surface area (Å²) in [7, 11) is 0. The Balaban J connectivity index is 2.75. The number of aromatic hydroxyl groups is 2. The van der Waals surface area contributed by atoms with Crippen LogP contribution in [0.4, 0.5) is 0 Å². The van der Waals surface area contributed by atoms with Gasteiger partial charge in [-0.15, -0.1) is 0 Å². The minimum atomic E-state index is -0.154. The van der Waals surface area contributed by atoms with Gasteiger partial charge in [-0.05, 0) is 24.1 Å². The third-order valence-electron chi connectivity index (χ3n) is 1.56. The van der Waals surface area contributed by atoms with Crippen LogP contribution in [-0.4, -0.2) is 16.5 Å².